The molecule has 1 amide bonds. The molecule has 134 valence electrons. The van der Waals surface area contributed by atoms with Gasteiger partial charge in [-0.25, -0.2) is 0 Å². The van der Waals surface area contributed by atoms with Gasteiger partial charge in [-0.1, -0.05) is 12.1 Å². The Kier molecular flexibility index (Phi) is 5.38. The Morgan fingerprint density at radius 1 is 1.40 bits per heavy atom. The Bertz CT molecular complexity index is 708. The summed E-state index contributed by atoms with van der Waals surface area (Å²) >= 11 is 0. The van der Waals surface area contributed by atoms with E-state index >= 15 is 0 Å². The number of aromatic nitrogens is 2. The lowest BCUT2D eigenvalue weighted by molar-refractivity contribution is 0.0661. The summed E-state index contributed by atoms with van der Waals surface area (Å²) in [4.78, 5) is 14.6. The number of benzene rings is 1. The molecule has 0 aliphatic carbocycles. The lowest BCUT2D eigenvalue weighted by atomic mass is 9.92. The highest BCUT2D eigenvalue weighted by molar-refractivity contribution is 5.93. The molecule has 6 heteroatoms. The molecule has 1 aromatic carbocycles. The van der Waals surface area contributed by atoms with Crippen LogP contribution in [0, 0.1) is 5.92 Å². The van der Waals surface area contributed by atoms with Gasteiger partial charge in [0.15, 0.2) is 0 Å². The van der Waals surface area contributed by atoms with E-state index in [-0.39, 0.29) is 11.9 Å². The minimum Gasteiger partial charge on any atom is -0.497 e. The Morgan fingerprint density at radius 2 is 2.16 bits per heavy atom. The minimum atomic E-state index is 0.0475. The number of nitrogens with zero attached hydrogens (tertiary/aromatic N) is 3. The van der Waals surface area contributed by atoms with E-state index in [9.17, 15) is 4.79 Å². The molecule has 0 saturated carbocycles. The van der Waals surface area contributed by atoms with Crippen molar-refractivity contribution in [1.29, 1.82) is 0 Å². The van der Waals surface area contributed by atoms with Crippen LogP contribution < -0.4 is 10.5 Å². The van der Waals surface area contributed by atoms with Gasteiger partial charge in [-0.05, 0) is 43.4 Å². The van der Waals surface area contributed by atoms with Gasteiger partial charge in [0, 0.05) is 25.3 Å². The van der Waals surface area contributed by atoms with Crippen molar-refractivity contribution in [3.8, 4) is 5.75 Å². The van der Waals surface area contributed by atoms with Crippen molar-refractivity contribution in [2.24, 2.45) is 11.7 Å². The smallest absolute Gasteiger partial charge is 0.257 e. The van der Waals surface area contributed by atoms with Crippen LogP contribution in [0.3, 0.4) is 0 Å². The number of amides is 1. The van der Waals surface area contributed by atoms with Gasteiger partial charge in [0.2, 0.25) is 0 Å². The predicted octanol–water partition coefficient (Wildman–Crippen LogP) is 2.14. The number of ether oxygens (including phenoxy) is 1. The van der Waals surface area contributed by atoms with E-state index in [0.29, 0.717) is 18.0 Å². The largest absolute Gasteiger partial charge is 0.497 e. The highest BCUT2D eigenvalue weighted by atomic mass is 16.5. The quantitative estimate of drug-likeness (QED) is 0.903. The summed E-state index contributed by atoms with van der Waals surface area (Å²) in [7, 11) is 1.65. The van der Waals surface area contributed by atoms with Crippen LogP contribution in [0.15, 0.2) is 36.7 Å². The summed E-state index contributed by atoms with van der Waals surface area (Å²) in [6, 6.07) is 7.97. The molecule has 1 aliphatic heterocycles. The van der Waals surface area contributed by atoms with E-state index in [0.717, 1.165) is 37.2 Å². The van der Waals surface area contributed by atoms with Gasteiger partial charge in [0.1, 0.15) is 5.75 Å². The fourth-order valence-corrected chi connectivity index (χ4v) is 3.28. The third-order valence-corrected chi connectivity index (χ3v) is 4.87. The molecule has 2 N–H and O–H groups in total. The number of methoxy groups -OCH3 is 1. The summed E-state index contributed by atoms with van der Waals surface area (Å²) in [5.74, 6) is 1.26. The zero-order valence-corrected chi connectivity index (χ0v) is 14.9. The number of piperidine rings is 1. The van der Waals surface area contributed by atoms with E-state index < -0.39 is 0 Å². The molecule has 2 heterocycles. The zero-order valence-electron chi connectivity index (χ0n) is 14.9. The lowest BCUT2D eigenvalue weighted by Gasteiger charge is -2.34. The van der Waals surface area contributed by atoms with Crippen molar-refractivity contribution in [2.75, 3.05) is 20.2 Å². The fourth-order valence-electron chi connectivity index (χ4n) is 3.28. The van der Waals surface area contributed by atoms with Crippen LogP contribution in [-0.4, -0.2) is 46.8 Å². The topological polar surface area (TPSA) is 73.4 Å². The standard InChI is InChI=1S/C19H26N4O2/c1-14(20)16-4-3-9-22(12-16)19(24)17-10-21-23(13-17)11-15-5-7-18(25-2)8-6-15/h5-8,10,13-14,16H,3-4,9,11-12,20H2,1-2H3/t14-,16-/m1/s1. The number of rotatable bonds is 5. The molecule has 1 fully saturated rings. The molecule has 6 nitrogen and oxygen atoms in total. The molecular weight excluding hydrogens is 316 g/mol. The molecule has 0 unspecified atom stereocenters. The van der Waals surface area contributed by atoms with Crippen LogP contribution in [-0.2, 0) is 6.54 Å². The first-order valence-corrected chi connectivity index (χ1v) is 8.77. The van der Waals surface area contributed by atoms with E-state index in [4.69, 9.17) is 10.5 Å². The molecule has 0 spiro atoms. The summed E-state index contributed by atoms with van der Waals surface area (Å²) in [6.07, 6.45) is 5.58. The number of nitrogens with two attached hydrogens (primary N) is 1. The molecule has 2 atom stereocenters. The van der Waals surface area contributed by atoms with Gasteiger partial charge in [-0.3, -0.25) is 9.48 Å². The first kappa shape index (κ1) is 17.5. The Hall–Kier alpha value is -2.34. The molecule has 0 radical (unpaired) electrons. The first-order valence-electron chi connectivity index (χ1n) is 8.77. The molecule has 1 aliphatic rings. The maximum Gasteiger partial charge on any atom is 0.257 e. The number of likely N-dealkylation sites (tertiary alicyclic amines) is 1. The second-order valence-electron chi connectivity index (χ2n) is 6.79. The second-order valence-corrected chi connectivity index (χ2v) is 6.79. The average Bonchev–Trinajstić information content (AvgIpc) is 3.10. The predicted molar refractivity (Wildman–Crippen MR) is 96.6 cm³/mol. The normalized spacial score (nSPS) is 18.8. The Labute approximate surface area is 148 Å². The SMILES string of the molecule is COc1ccc(Cn2cc(C(=O)N3CCC[C@@H]([C@@H](C)N)C3)cn2)cc1. The average molecular weight is 342 g/mol. The van der Waals surface area contributed by atoms with Crippen LogP contribution in [0.2, 0.25) is 0 Å². The number of hydrogen-bond acceptors (Lipinski definition) is 4. The monoisotopic (exact) mass is 342 g/mol. The van der Waals surface area contributed by atoms with Gasteiger partial charge in [-0.2, -0.15) is 5.10 Å². The maximum absolute atomic E-state index is 12.7. The molecule has 25 heavy (non-hydrogen) atoms. The van der Waals surface area contributed by atoms with Gasteiger partial charge in [-0.15, -0.1) is 0 Å². The van der Waals surface area contributed by atoms with E-state index in [1.807, 2.05) is 42.3 Å². The third kappa shape index (κ3) is 4.20. The van der Waals surface area contributed by atoms with Gasteiger partial charge in [0.25, 0.3) is 5.91 Å². The van der Waals surface area contributed by atoms with Gasteiger partial charge >= 0.3 is 0 Å². The van der Waals surface area contributed by atoms with Crippen LogP contribution in [0.1, 0.15) is 35.7 Å². The van der Waals surface area contributed by atoms with Crippen LogP contribution in [0.25, 0.3) is 0 Å². The maximum atomic E-state index is 12.7. The molecular formula is C19H26N4O2. The van der Waals surface area contributed by atoms with Crippen molar-refractivity contribution in [2.45, 2.75) is 32.4 Å². The van der Waals surface area contributed by atoms with Crippen molar-refractivity contribution >= 4 is 5.91 Å². The van der Waals surface area contributed by atoms with Gasteiger partial charge < -0.3 is 15.4 Å². The first-order chi connectivity index (χ1) is 12.1. The summed E-state index contributed by atoms with van der Waals surface area (Å²) < 4.78 is 6.96. The van der Waals surface area contributed by atoms with E-state index in [2.05, 4.69) is 5.10 Å². The fraction of sp³-hybridized carbons (Fsp3) is 0.474. The Morgan fingerprint density at radius 3 is 2.84 bits per heavy atom. The van der Waals surface area contributed by atoms with Crippen LogP contribution in [0.4, 0.5) is 0 Å². The number of carbonyl (C=O) groups excluding carboxylic acids is 1. The van der Waals surface area contributed by atoms with Crippen molar-refractivity contribution in [3.05, 3.63) is 47.8 Å². The van der Waals surface area contributed by atoms with Crippen molar-refractivity contribution < 1.29 is 9.53 Å². The number of hydrogen-bond donors (Lipinski definition) is 1. The molecule has 2 aromatic rings. The highest BCUT2D eigenvalue weighted by Gasteiger charge is 2.27. The highest BCUT2D eigenvalue weighted by Crippen LogP contribution is 2.20. The van der Waals surface area contributed by atoms with E-state index in [1.165, 1.54) is 0 Å². The van der Waals surface area contributed by atoms with Crippen molar-refractivity contribution in [3.63, 3.8) is 0 Å². The van der Waals surface area contributed by atoms with Crippen molar-refractivity contribution in [1.82, 2.24) is 14.7 Å². The summed E-state index contributed by atoms with van der Waals surface area (Å²) in [5, 5.41) is 4.34. The lowest BCUT2D eigenvalue weighted by Crippen LogP contribution is -2.45. The van der Waals surface area contributed by atoms with E-state index in [1.54, 1.807) is 18.0 Å². The molecule has 0 bridgehead atoms. The molecule has 3 rings (SSSR count). The zero-order chi connectivity index (χ0) is 17.8. The summed E-state index contributed by atoms with van der Waals surface area (Å²) in [6.45, 7) is 4.18. The molecule has 1 aromatic heterocycles. The third-order valence-electron chi connectivity index (χ3n) is 4.87. The second kappa shape index (κ2) is 7.70. The number of carbonyl (C=O) groups is 1. The Balaban J connectivity index is 1.64. The summed E-state index contributed by atoms with van der Waals surface area (Å²) in [5.41, 5.74) is 7.76. The van der Waals surface area contributed by atoms with Crippen LogP contribution >= 0.6 is 0 Å². The molecule has 1 saturated heterocycles. The van der Waals surface area contributed by atoms with Crippen LogP contribution in [0.5, 0.6) is 5.75 Å². The minimum absolute atomic E-state index is 0.0475. The van der Waals surface area contributed by atoms with Gasteiger partial charge in [0.05, 0.1) is 25.4 Å².